The maximum Gasteiger partial charge on any atom is 0.275 e. The van der Waals surface area contributed by atoms with Crippen molar-refractivity contribution in [2.24, 2.45) is 0 Å². The molecule has 1 aromatic heterocycles. The number of nitro groups is 1. The van der Waals surface area contributed by atoms with Crippen molar-refractivity contribution in [2.45, 2.75) is 27.3 Å². The normalized spacial score (nSPS) is 10.1. The molecule has 0 N–H and O–H groups in total. The van der Waals surface area contributed by atoms with Gasteiger partial charge in [-0.25, -0.2) is 0 Å². The molecule has 5 nitrogen and oxygen atoms in total. The number of pyridine rings is 1. The number of ketones is 1. The Labute approximate surface area is 153 Å². The number of hydrogen-bond acceptors (Lipinski definition) is 3. The van der Waals surface area contributed by atoms with Crippen LogP contribution < -0.4 is 21.5 Å². The molecule has 2 aromatic rings. The maximum atomic E-state index is 12.6. The molecule has 0 fully saturated rings. The molecule has 0 bridgehead atoms. The Balaban J connectivity index is 0.00000264. The highest BCUT2D eigenvalue weighted by molar-refractivity contribution is 9.10. The van der Waals surface area contributed by atoms with Crippen LogP contribution in [-0.4, -0.2) is 10.7 Å². The van der Waals surface area contributed by atoms with Crippen LogP contribution >= 0.6 is 15.9 Å². The van der Waals surface area contributed by atoms with E-state index in [1.165, 1.54) is 0 Å². The summed E-state index contributed by atoms with van der Waals surface area (Å²) in [5.74, 6) is -0.138. The fourth-order valence-electron chi connectivity index (χ4n) is 2.72. The second-order valence-corrected chi connectivity index (χ2v) is 6.15. The number of carbonyl (C=O) groups is 1. The number of hydrogen-bond donors (Lipinski definition) is 0. The average molecular weight is 444 g/mol. The molecule has 0 aliphatic rings. The standard InChI is InChI=1S/C16H16BrN2O3.BrH/c1-10-7-11(2)16(19(21)22)12(3)15(10)14(20)9-18-6-4-5-13(17)8-18;/h4-8H,9H2,1-3H3;1H/q+1;/p-1. The summed E-state index contributed by atoms with van der Waals surface area (Å²) < 4.78 is 2.61. The SMILES string of the molecule is Cc1cc(C)c([N+](=O)[O-])c(C)c1C(=O)C[n+]1cccc(Br)c1.[Br-]. The molecule has 0 radical (unpaired) electrons. The summed E-state index contributed by atoms with van der Waals surface area (Å²) in [6.07, 6.45) is 3.58. The first kappa shape index (κ1) is 19.4. The zero-order valence-electron chi connectivity index (χ0n) is 13.0. The fourth-order valence-corrected chi connectivity index (χ4v) is 3.13. The van der Waals surface area contributed by atoms with E-state index in [4.69, 9.17) is 0 Å². The highest BCUT2D eigenvalue weighted by atomic mass is 79.9. The Morgan fingerprint density at radius 2 is 1.96 bits per heavy atom. The van der Waals surface area contributed by atoms with Gasteiger partial charge in [-0.1, -0.05) is 0 Å². The van der Waals surface area contributed by atoms with E-state index in [-0.39, 0.29) is 35.0 Å². The van der Waals surface area contributed by atoms with Crippen molar-refractivity contribution in [1.29, 1.82) is 0 Å². The molecule has 0 spiro atoms. The summed E-state index contributed by atoms with van der Waals surface area (Å²) in [7, 11) is 0. The van der Waals surface area contributed by atoms with E-state index < -0.39 is 4.92 Å². The number of nitro benzene ring substituents is 1. The minimum atomic E-state index is -0.423. The van der Waals surface area contributed by atoms with Gasteiger partial charge < -0.3 is 17.0 Å². The van der Waals surface area contributed by atoms with E-state index in [0.29, 0.717) is 16.7 Å². The second kappa shape index (κ2) is 7.79. The number of nitrogens with zero attached hydrogens (tertiary/aromatic N) is 2. The van der Waals surface area contributed by atoms with Crippen LogP contribution in [0.4, 0.5) is 5.69 Å². The van der Waals surface area contributed by atoms with Crippen molar-refractivity contribution in [1.82, 2.24) is 0 Å². The molecule has 23 heavy (non-hydrogen) atoms. The van der Waals surface area contributed by atoms with Gasteiger partial charge in [-0.15, -0.1) is 0 Å². The number of halogens is 2. The van der Waals surface area contributed by atoms with Crippen LogP contribution in [0.5, 0.6) is 0 Å². The molecule has 1 heterocycles. The van der Waals surface area contributed by atoms with Crippen molar-refractivity contribution in [2.75, 3.05) is 0 Å². The highest BCUT2D eigenvalue weighted by Gasteiger charge is 2.25. The van der Waals surface area contributed by atoms with E-state index >= 15 is 0 Å². The van der Waals surface area contributed by atoms with Crippen LogP contribution in [-0.2, 0) is 6.54 Å². The van der Waals surface area contributed by atoms with Gasteiger partial charge in [0.05, 0.1) is 9.40 Å². The number of benzene rings is 1. The third-order valence-corrected chi connectivity index (χ3v) is 4.01. The topological polar surface area (TPSA) is 64.1 Å². The monoisotopic (exact) mass is 442 g/mol. The first-order valence-electron chi connectivity index (χ1n) is 6.74. The number of carbonyl (C=O) groups excluding carboxylic acids is 1. The van der Waals surface area contributed by atoms with Crippen molar-refractivity contribution >= 4 is 27.4 Å². The first-order chi connectivity index (χ1) is 10.3. The van der Waals surface area contributed by atoms with E-state index in [2.05, 4.69) is 15.9 Å². The summed E-state index contributed by atoms with van der Waals surface area (Å²) in [4.78, 5) is 23.4. The predicted molar refractivity (Wildman–Crippen MR) is 86.0 cm³/mol. The fraction of sp³-hybridized carbons (Fsp3) is 0.250. The van der Waals surface area contributed by atoms with Gasteiger partial charge in [0, 0.05) is 22.8 Å². The first-order valence-corrected chi connectivity index (χ1v) is 7.53. The van der Waals surface area contributed by atoms with Crippen molar-refractivity contribution in [3.8, 4) is 0 Å². The van der Waals surface area contributed by atoms with Gasteiger partial charge in [0.25, 0.3) is 5.69 Å². The van der Waals surface area contributed by atoms with Gasteiger partial charge in [-0.05, 0) is 54.4 Å². The molecule has 0 unspecified atom stereocenters. The molecule has 0 aliphatic carbocycles. The smallest absolute Gasteiger partial charge is 0.275 e. The zero-order chi connectivity index (χ0) is 16.4. The van der Waals surface area contributed by atoms with Crippen LogP contribution in [0, 0.1) is 30.9 Å². The van der Waals surface area contributed by atoms with Crippen LogP contribution in [0.25, 0.3) is 0 Å². The molecule has 0 saturated carbocycles. The Hall–Kier alpha value is -1.60. The van der Waals surface area contributed by atoms with Crippen LogP contribution in [0.15, 0.2) is 35.1 Å². The molecule has 2 rings (SSSR count). The van der Waals surface area contributed by atoms with E-state index in [1.807, 2.05) is 19.1 Å². The third kappa shape index (κ3) is 4.23. The van der Waals surface area contributed by atoms with Gasteiger partial charge in [0.2, 0.25) is 12.3 Å². The number of rotatable bonds is 4. The lowest BCUT2D eigenvalue weighted by atomic mass is 9.94. The molecule has 122 valence electrons. The molecular weight excluding hydrogens is 428 g/mol. The van der Waals surface area contributed by atoms with Gasteiger partial charge in [0.15, 0.2) is 12.4 Å². The number of Topliss-reactive ketones (excluding diaryl/α,β-unsaturated/α-hetero) is 1. The molecule has 0 atom stereocenters. The lowest BCUT2D eigenvalue weighted by molar-refractivity contribution is -0.683. The second-order valence-electron chi connectivity index (χ2n) is 5.23. The average Bonchev–Trinajstić information content (AvgIpc) is 2.37. The minimum absolute atomic E-state index is 0. The molecule has 0 amide bonds. The highest BCUT2D eigenvalue weighted by Crippen LogP contribution is 2.29. The molecule has 0 saturated heterocycles. The van der Waals surface area contributed by atoms with Gasteiger partial charge in [0.1, 0.15) is 0 Å². The van der Waals surface area contributed by atoms with Gasteiger partial charge >= 0.3 is 0 Å². The minimum Gasteiger partial charge on any atom is -1.00 e. The summed E-state index contributed by atoms with van der Waals surface area (Å²) in [5.41, 5.74) is 2.23. The van der Waals surface area contributed by atoms with Crippen molar-refractivity contribution in [3.05, 3.63) is 67.4 Å². The summed E-state index contributed by atoms with van der Waals surface area (Å²) >= 11 is 3.36. The molecule has 7 heteroatoms. The van der Waals surface area contributed by atoms with Crippen LogP contribution in [0.3, 0.4) is 0 Å². The Kier molecular flexibility index (Phi) is 6.58. The Bertz CT molecular complexity index is 776. The quantitative estimate of drug-likeness (QED) is 0.298. The summed E-state index contributed by atoms with van der Waals surface area (Å²) in [6.45, 7) is 5.27. The lowest BCUT2D eigenvalue weighted by Crippen LogP contribution is -3.00. The van der Waals surface area contributed by atoms with E-state index in [9.17, 15) is 14.9 Å². The molecule has 1 aromatic carbocycles. The third-order valence-electron chi connectivity index (χ3n) is 3.54. The maximum absolute atomic E-state index is 12.6. The van der Waals surface area contributed by atoms with E-state index in [0.717, 1.165) is 10.0 Å². The molecule has 0 aliphatic heterocycles. The largest absolute Gasteiger partial charge is 1.00 e. The summed E-state index contributed by atoms with van der Waals surface area (Å²) in [6, 6.07) is 5.40. The number of aryl methyl sites for hydroxylation is 2. The van der Waals surface area contributed by atoms with Crippen molar-refractivity contribution in [3.63, 3.8) is 0 Å². The zero-order valence-corrected chi connectivity index (χ0v) is 16.1. The predicted octanol–water partition coefficient (Wildman–Crippen LogP) is 0.457. The van der Waals surface area contributed by atoms with Crippen LogP contribution in [0.2, 0.25) is 0 Å². The summed E-state index contributed by atoms with van der Waals surface area (Å²) in [5, 5.41) is 11.2. The van der Waals surface area contributed by atoms with E-state index in [1.54, 1.807) is 36.9 Å². The Morgan fingerprint density at radius 1 is 1.30 bits per heavy atom. The lowest BCUT2D eigenvalue weighted by Gasteiger charge is -2.10. The van der Waals surface area contributed by atoms with Gasteiger partial charge in [-0.3, -0.25) is 14.9 Å². The van der Waals surface area contributed by atoms with Crippen molar-refractivity contribution < 1.29 is 31.3 Å². The van der Waals surface area contributed by atoms with Gasteiger partial charge in [-0.2, -0.15) is 4.57 Å². The Morgan fingerprint density at radius 3 is 2.52 bits per heavy atom. The molecular formula is C16H16Br2N2O3. The van der Waals surface area contributed by atoms with Crippen LogP contribution in [0.1, 0.15) is 27.0 Å². The number of aromatic nitrogens is 1.